The minimum atomic E-state index is -4.82. The molecule has 0 bridgehead atoms. The van der Waals surface area contributed by atoms with E-state index in [9.17, 15) is 31.2 Å². The van der Waals surface area contributed by atoms with Crippen LogP contribution in [0.4, 0.5) is 18.9 Å². The molecule has 0 radical (unpaired) electrons. The van der Waals surface area contributed by atoms with Crippen LogP contribution in [0.2, 0.25) is 5.02 Å². The zero-order chi connectivity index (χ0) is 35.1. The molecule has 0 saturated carbocycles. The predicted molar refractivity (Wildman–Crippen MR) is 181 cm³/mol. The average molecular weight is 700 g/mol. The summed E-state index contributed by atoms with van der Waals surface area (Å²) in [5.41, 5.74) is 0.707. The number of carbonyl (C=O) groups excluding carboxylic acids is 2. The highest BCUT2D eigenvalue weighted by atomic mass is 35.5. The van der Waals surface area contributed by atoms with Crippen LogP contribution in [0.15, 0.2) is 108 Å². The summed E-state index contributed by atoms with van der Waals surface area (Å²) in [6.45, 7) is 4.60. The Balaban J connectivity index is 1.87. The minimum absolute atomic E-state index is 0.0832. The summed E-state index contributed by atoms with van der Waals surface area (Å²) in [4.78, 5) is 29.5. The van der Waals surface area contributed by atoms with Crippen molar-refractivity contribution in [2.45, 2.75) is 63.3 Å². The predicted octanol–water partition coefficient (Wildman–Crippen LogP) is 7.42. The second kappa shape index (κ2) is 15.7. The van der Waals surface area contributed by atoms with Gasteiger partial charge in [0.1, 0.15) is 12.6 Å². The molecule has 4 aromatic carbocycles. The number of alkyl halides is 3. The molecule has 0 aliphatic rings. The third kappa shape index (κ3) is 9.17. The molecule has 1 N–H and O–H groups in total. The molecule has 0 aliphatic carbocycles. The Labute approximate surface area is 284 Å². The summed E-state index contributed by atoms with van der Waals surface area (Å²) in [6.07, 6.45) is -4.11. The zero-order valence-corrected chi connectivity index (χ0v) is 28.3. The maximum absolute atomic E-state index is 14.5. The highest BCUT2D eigenvalue weighted by Crippen LogP contribution is 2.37. The summed E-state index contributed by atoms with van der Waals surface area (Å²) in [5.74, 6) is -1.27. The van der Waals surface area contributed by atoms with E-state index in [0.717, 1.165) is 23.3 Å². The number of halogens is 4. The molecule has 0 saturated heterocycles. The molecule has 12 heteroatoms. The van der Waals surface area contributed by atoms with E-state index in [2.05, 4.69) is 5.32 Å². The topological polar surface area (TPSA) is 86.8 Å². The van der Waals surface area contributed by atoms with E-state index in [1.54, 1.807) is 30.3 Å². The lowest BCUT2D eigenvalue weighted by molar-refractivity contribution is -0.140. The quantitative estimate of drug-likeness (QED) is 0.157. The largest absolute Gasteiger partial charge is 0.416 e. The van der Waals surface area contributed by atoms with Gasteiger partial charge in [-0.05, 0) is 61.7 Å². The molecule has 0 fully saturated rings. The summed E-state index contributed by atoms with van der Waals surface area (Å²) in [7, 11) is -4.64. The van der Waals surface area contributed by atoms with Crippen molar-refractivity contribution in [2.75, 3.05) is 10.8 Å². The highest BCUT2D eigenvalue weighted by Gasteiger charge is 2.37. The van der Waals surface area contributed by atoms with Crippen molar-refractivity contribution in [3.8, 4) is 0 Å². The van der Waals surface area contributed by atoms with Gasteiger partial charge < -0.3 is 10.2 Å². The number of anilines is 1. The maximum atomic E-state index is 14.5. The fourth-order valence-corrected chi connectivity index (χ4v) is 6.71. The Kier molecular flexibility index (Phi) is 11.9. The summed E-state index contributed by atoms with van der Waals surface area (Å²) < 4.78 is 70.4. The molecule has 0 spiro atoms. The van der Waals surface area contributed by atoms with E-state index in [-0.39, 0.29) is 28.9 Å². The molecular weight excluding hydrogens is 663 g/mol. The molecular formula is C36H37ClF3N3O4S. The maximum Gasteiger partial charge on any atom is 0.416 e. The molecule has 0 heterocycles. The summed E-state index contributed by atoms with van der Waals surface area (Å²) in [6, 6.07) is 24.3. The Morgan fingerprint density at radius 2 is 1.48 bits per heavy atom. The molecule has 2 amide bonds. The second-order valence-electron chi connectivity index (χ2n) is 11.5. The fraction of sp³-hybridized carbons (Fsp3) is 0.278. The van der Waals surface area contributed by atoms with Crippen molar-refractivity contribution in [1.29, 1.82) is 0 Å². The molecule has 0 unspecified atom stereocenters. The first kappa shape index (κ1) is 36.5. The third-order valence-electron chi connectivity index (χ3n) is 7.90. The lowest BCUT2D eigenvalue weighted by Crippen LogP contribution is -2.54. The standard InChI is InChI=1S/C36H37ClF3N3O4S/c1-4-26(3)41-35(45)33(21-27-11-7-5-8-12-27)42(23-28-17-15-25(2)16-18-28)34(44)24-43(48(46,47)30-13-9-6-10-14-30)32-22-29(36(38,39)40)19-20-31(32)37/h5-20,22,26,33H,4,21,23-24H2,1-3H3,(H,41,45)/t26-,33-/m0/s1. The van der Waals surface area contributed by atoms with Gasteiger partial charge in [-0.1, -0.05) is 96.9 Å². The van der Waals surface area contributed by atoms with E-state index >= 15 is 0 Å². The average Bonchev–Trinajstić information content (AvgIpc) is 3.06. The van der Waals surface area contributed by atoms with Crippen LogP contribution in [0.5, 0.6) is 0 Å². The van der Waals surface area contributed by atoms with Gasteiger partial charge in [-0.2, -0.15) is 13.2 Å². The van der Waals surface area contributed by atoms with Gasteiger partial charge in [0, 0.05) is 19.0 Å². The molecule has 254 valence electrons. The number of aryl methyl sites for hydroxylation is 1. The first-order valence-corrected chi connectivity index (χ1v) is 17.2. The number of hydrogen-bond donors (Lipinski definition) is 1. The Morgan fingerprint density at radius 1 is 0.875 bits per heavy atom. The van der Waals surface area contributed by atoms with Crippen LogP contribution in [0.25, 0.3) is 0 Å². The van der Waals surface area contributed by atoms with Crippen LogP contribution >= 0.6 is 11.6 Å². The van der Waals surface area contributed by atoms with Gasteiger partial charge in [0.2, 0.25) is 11.8 Å². The zero-order valence-electron chi connectivity index (χ0n) is 26.7. The number of sulfonamides is 1. The second-order valence-corrected chi connectivity index (χ2v) is 13.8. The third-order valence-corrected chi connectivity index (χ3v) is 9.99. The van der Waals surface area contributed by atoms with E-state index in [0.29, 0.717) is 22.4 Å². The van der Waals surface area contributed by atoms with Gasteiger partial charge in [-0.25, -0.2) is 8.42 Å². The first-order chi connectivity index (χ1) is 22.7. The fourth-order valence-electron chi connectivity index (χ4n) is 5.00. The van der Waals surface area contributed by atoms with Gasteiger partial charge in [0.05, 0.1) is 21.2 Å². The molecule has 2 atom stereocenters. The van der Waals surface area contributed by atoms with Crippen LogP contribution in [-0.2, 0) is 38.8 Å². The number of benzene rings is 4. The number of nitrogens with one attached hydrogen (secondary N) is 1. The van der Waals surface area contributed by atoms with Gasteiger partial charge >= 0.3 is 6.18 Å². The Bertz CT molecular complexity index is 1810. The molecule has 48 heavy (non-hydrogen) atoms. The van der Waals surface area contributed by atoms with E-state index < -0.39 is 51.9 Å². The van der Waals surface area contributed by atoms with Crippen LogP contribution in [0.3, 0.4) is 0 Å². The summed E-state index contributed by atoms with van der Waals surface area (Å²) in [5, 5.41) is 2.63. The monoisotopic (exact) mass is 699 g/mol. The number of nitrogens with zero attached hydrogens (tertiary/aromatic N) is 2. The normalized spacial score (nSPS) is 13.0. The number of amides is 2. The van der Waals surface area contributed by atoms with Gasteiger partial charge in [-0.15, -0.1) is 0 Å². The van der Waals surface area contributed by atoms with Crippen LogP contribution in [-0.4, -0.2) is 43.8 Å². The Hall–Kier alpha value is -4.35. The molecule has 0 aliphatic heterocycles. The lowest BCUT2D eigenvalue weighted by atomic mass is 10.0. The minimum Gasteiger partial charge on any atom is -0.352 e. The SMILES string of the molecule is CC[C@H](C)NC(=O)[C@H](Cc1ccccc1)N(Cc1ccc(C)cc1)C(=O)CN(c1cc(C(F)(F)F)ccc1Cl)S(=O)(=O)c1ccccc1. The van der Waals surface area contributed by atoms with E-state index in [1.807, 2.05) is 51.1 Å². The van der Waals surface area contributed by atoms with Crippen molar-refractivity contribution < 1.29 is 31.2 Å². The van der Waals surface area contributed by atoms with Crippen LogP contribution in [0.1, 0.15) is 42.5 Å². The van der Waals surface area contributed by atoms with E-state index in [4.69, 9.17) is 11.6 Å². The molecule has 0 aromatic heterocycles. The van der Waals surface area contributed by atoms with E-state index in [1.165, 1.54) is 29.2 Å². The highest BCUT2D eigenvalue weighted by molar-refractivity contribution is 7.92. The lowest BCUT2D eigenvalue weighted by Gasteiger charge is -2.34. The number of carbonyl (C=O) groups is 2. The van der Waals surface area contributed by atoms with Crippen molar-refractivity contribution in [3.63, 3.8) is 0 Å². The van der Waals surface area contributed by atoms with Crippen molar-refractivity contribution in [2.24, 2.45) is 0 Å². The Morgan fingerprint density at radius 3 is 2.06 bits per heavy atom. The van der Waals surface area contributed by atoms with Gasteiger partial charge in [-0.3, -0.25) is 13.9 Å². The van der Waals surface area contributed by atoms with Crippen LogP contribution < -0.4 is 9.62 Å². The van der Waals surface area contributed by atoms with Gasteiger partial charge in [0.15, 0.2) is 0 Å². The van der Waals surface area contributed by atoms with Crippen molar-refractivity contribution >= 4 is 39.1 Å². The number of rotatable bonds is 13. The van der Waals surface area contributed by atoms with Crippen LogP contribution in [0, 0.1) is 6.92 Å². The summed E-state index contributed by atoms with van der Waals surface area (Å²) >= 11 is 6.37. The molecule has 4 rings (SSSR count). The molecule has 4 aromatic rings. The van der Waals surface area contributed by atoms with Crippen molar-refractivity contribution in [3.05, 3.63) is 130 Å². The van der Waals surface area contributed by atoms with Crippen molar-refractivity contribution in [1.82, 2.24) is 10.2 Å². The smallest absolute Gasteiger partial charge is 0.352 e. The number of hydrogen-bond acceptors (Lipinski definition) is 4. The first-order valence-electron chi connectivity index (χ1n) is 15.3. The molecule has 7 nitrogen and oxygen atoms in total. The van der Waals surface area contributed by atoms with Gasteiger partial charge in [0.25, 0.3) is 10.0 Å².